The van der Waals surface area contributed by atoms with Crippen LogP contribution in [0.2, 0.25) is 0 Å². The predicted molar refractivity (Wildman–Crippen MR) is 71.3 cm³/mol. The maximum atomic E-state index is 5.52. The molecule has 17 heavy (non-hydrogen) atoms. The van der Waals surface area contributed by atoms with Crippen molar-refractivity contribution in [3.63, 3.8) is 0 Å². The van der Waals surface area contributed by atoms with Gasteiger partial charge in [-0.25, -0.2) is 0 Å². The molecule has 1 N–H and O–H groups in total. The van der Waals surface area contributed by atoms with Crippen molar-refractivity contribution in [2.45, 2.75) is 51.6 Å². The van der Waals surface area contributed by atoms with E-state index in [0.29, 0.717) is 5.54 Å². The molecule has 94 valence electrons. The highest BCUT2D eigenvalue weighted by molar-refractivity contribution is 5.28. The van der Waals surface area contributed by atoms with E-state index < -0.39 is 0 Å². The van der Waals surface area contributed by atoms with Gasteiger partial charge in [-0.15, -0.1) is 0 Å². The zero-order valence-electron chi connectivity index (χ0n) is 11.0. The lowest BCUT2D eigenvalue weighted by atomic mass is 10.0. The van der Waals surface area contributed by atoms with Gasteiger partial charge in [0.2, 0.25) is 0 Å². The first-order chi connectivity index (χ1) is 8.22. The summed E-state index contributed by atoms with van der Waals surface area (Å²) in [7, 11) is 0. The molecule has 1 aliphatic carbocycles. The fraction of sp³-hybridized carbons (Fsp3) is 0.600. The lowest BCUT2D eigenvalue weighted by Crippen LogP contribution is -2.38. The van der Waals surface area contributed by atoms with E-state index in [9.17, 15) is 0 Å². The van der Waals surface area contributed by atoms with Crippen molar-refractivity contribution in [3.05, 3.63) is 29.8 Å². The Morgan fingerprint density at radius 2 is 2.06 bits per heavy atom. The summed E-state index contributed by atoms with van der Waals surface area (Å²) < 4.78 is 5.52. The molecule has 0 saturated heterocycles. The van der Waals surface area contributed by atoms with E-state index in [2.05, 4.69) is 30.4 Å². The molecule has 1 aromatic carbocycles. The second-order valence-corrected chi connectivity index (χ2v) is 5.20. The molecule has 2 rings (SSSR count). The normalized spacial score (nSPS) is 18.2. The van der Waals surface area contributed by atoms with Crippen LogP contribution in [-0.2, 0) is 6.54 Å². The molecule has 1 aromatic rings. The third-order valence-electron chi connectivity index (χ3n) is 3.64. The van der Waals surface area contributed by atoms with Crippen LogP contribution in [0.5, 0.6) is 5.75 Å². The smallest absolute Gasteiger partial charge is 0.119 e. The summed E-state index contributed by atoms with van der Waals surface area (Å²) in [5.41, 5.74) is 1.66. The van der Waals surface area contributed by atoms with Gasteiger partial charge in [-0.1, -0.05) is 25.0 Å². The van der Waals surface area contributed by atoms with Crippen molar-refractivity contribution in [1.82, 2.24) is 5.32 Å². The van der Waals surface area contributed by atoms with Crippen LogP contribution in [0.15, 0.2) is 24.3 Å². The van der Waals surface area contributed by atoms with Gasteiger partial charge < -0.3 is 10.1 Å². The van der Waals surface area contributed by atoms with Crippen LogP contribution < -0.4 is 10.1 Å². The highest BCUT2D eigenvalue weighted by Gasteiger charge is 2.27. The molecular weight excluding hydrogens is 210 g/mol. The second kappa shape index (κ2) is 5.54. The number of ether oxygens (including phenoxy) is 1. The molecule has 2 heteroatoms. The first-order valence-electron chi connectivity index (χ1n) is 6.69. The van der Waals surface area contributed by atoms with Crippen LogP contribution in [-0.4, -0.2) is 12.1 Å². The van der Waals surface area contributed by atoms with Gasteiger partial charge in [0, 0.05) is 12.1 Å². The number of hydrogen-bond acceptors (Lipinski definition) is 2. The first kappa shape index (κ1) is 12.4. The van der Waals surface area contributed by atoms with Crippen molar-refractivity contribution in [3.8, 4) is 5.75 Å². The van der Waals surface area contributed by atoms with Crippen LogP contribution in [0, 0.1) is 0 Å². The summed E-state index contributed by atoms with van der Waals surface area (Å²) >= 11 is 0. The molecule has 0 unspecified atom stereocenters. The van der Waals surface area contributed by atoms with Gasteiger partial charge in [-0.2, -0.15) is 0 Å². The minimum absolute atomic E-state index is 0.349. The van der Waals surface area contributed by atoms with Gasteiger partial charge in [-0.3, -0.25) is 0 Å². The predicted octanol–water partition coefficient (Wildman–Crippen LogP) is 3.51. The minimum Gasteiger partial charge on any atom is -0.494 e. The molecule has 1 fully saturated rings. The monoisotopic (exact) mass is 233 g/mol. The Hall–Kier alpha value is -1.02. The maximum absolute atomic E-state index is 5.52. The summed E-state index contributed by atoms with van der Waals surface area (Å²) in [6, 6.07) is 8.38. The van der Waals surface area contributed by atoms with E-state index in [1.54, 1.807) is 0 Å². The Labute approximate surface area is 104 Å². The molecule has 0 radical (unpaired) electrons. The van der Waals surface area contributed by atoms with Crippen LogP contribution in [0.4, 0.5) is 0 Å². The van der Waals surface area contributed by atoms with Gasteiger partial charge in [0.15, 0.2) is 0 Å². The standard InChI is InChI=1S/C15H23NO/c1-3-17-14-8-6-7-13(11-14)12-16-15(2)9-4-5-10-15/h6-8,11,16H,3-5,9-10,12H2,1-2H3. The minimum atomic E-state index is 0.349. The maximum Gasteiger partial charge on any atom is 0.119 e. The molecule has 2 nitrogen and oxygen atoms in total. The molecular formula is C15H23NO. The van der Waals surface area contributed by atoms with E-state index in [-0.39, 0.29) is 0 Å². The SMILES string of the molecule is CCOc1cccc(CNC2(C)CCCC2)c1. The van der Waals surface area contributed by atoms with Crippen molar-refractivity contribution >= 4 is 0 Å². The molecule has 1 aliphatic rings. The van der Waals surface area contributed by atoms with Crippen molar-refractivity contribution in [2.75, 3.05) is 6.61 Å². The molecule has 0 spiro atoms. The van der Waals surface area contributed by atoms with Gasteiger partial charge in [-0.05, 0) is 44.4 Å². The summed E-state index contributed by atoms with van der Waals surface area (Å²) in [5, 5.41) is 3.69. The van der Waals surface area contributed by atoms with Crippen molar-refractivity contribution in [1.29, 1.82) is 0 Å². The van der Waals surface area contributed by atoms with Gasteiger partial charge in [0.1, 0.15) is 5.75 Å². The van der Waals surface area contributed by atoms with Crippen LogP contribution in [0.1, 0.15) is 45.1 Å². The summed E-state index contributed by atoms with van der Waals surface area (Å²) in [6.45, 7) is 6.03. The zero-order chi connectivity index (χ0) is 12.1. The molecule has 1 saturated carbocycles. The Morgan fingerprint density at radius 3 is 2.76 bits per heavy atom. The van der Waals surface area contributed by atoms with Crippen LogP contribution >= 0.6 is 0 Å². The zero-order valence-corrected chi connectivity index (χ0v) is 11.0. The van der Waals surface area contributed by atoms with E-state index in [4.69, 9.17) is 4.74 Å². The number of benzene rings is 1. The summed E-state index contributed by atoms with van der Waals surface area (Å²) in [6.07, 6.45) is 5.33. The Morgan fingerprint density at radius 1 is 1.29 bits per heavy atom. The third kappa shape index (κ3) is 3.47. The highest BCUT2D eigenvalue weighted by atomic mass is 16.5. The number of rotatable bonds is 5. The van der Waals surface area contributed by atoms with Gasteiger partial charge >= 0.3 is 0 Å². The first-order valence-corrected chi connectivity index (χ1v) is 6.69. The summed E-state index contributed by atoms with van der Waals surface area (Å²) in [4.78, 5) is 0. The Kier molecular flexibility index (Phi) is 4.06. The van der Waals surface area contributed by atoms with Gasteiger partial charge in [0.05, 0.1) is 6.61 Å². The average molecular weight is 233 g/mol. The Balaban J connectivity index is 1.91. The average Bonchev–Trinajstić information content (AvgIpc) is 2.76. The van der Waals surface area contributed by atoms with Gasteiger partial charge in [0.25, 0.3) is 0 Å². The summed E-state index contributed by atoms with van der Waals surface area (Å²) in [5.74, 6) is 0.975. The largest absolute Gasteiger partial charge is 0.494 e. The lowest BCUT2D eigenvalue weighted by Gasteiger charge is -2.25. The molecule has 0 amide bonds. The van der Waals surface area contributed by atoms with Crippen LogP contribution in [0.3, 0.4) is 0 Å². The Bertz CT molecular complexity index is 356. The van der Waals surface area contributed by atoms with E-state index in [1.165, 1.54) is 31.2 Å². The fourth-order valence-corrected chi connectivity index (χ4v) is 2.56. The van der Waals surface area contributed by atoms with E-state index in [0.717, 1.165) is 18.9 Å². The molecule has 0 heterocycles. The fourth-order valence-electron chi connectivity index (χ4n) is 2.56. The quantitative estimate of drug-likeness (QED) is 0.840. The number of nitrogens with one attached hydrogen (secondary N) is 1. The van der Waals surface area contributed by atoms with Crippen molar-refractivity contribution < 1.29 is 4.74 Å². The van der Waals surface area contributed by atoms with Crippen molar-refractivity contribution in [2.24, 2.45) is 0 Å². The van der Waals surface area contributed by atoms with E-state index in [1.807, 2.05) is 13.0 Å². The highest BCUT2D eigenvalue weighted by Crippen LogP contribution is 2.29. The topological polar surface area (TPSA) is 21.3 Å². The molecule has 0 aliphatic heterocycles. The van der Waals surface area contributed by atoms with Crippen LogP contribution in [0.25, 0.3) is 0 Å². The molecule has 0 aromatic heterocycles. The molecule has 0 bridgehead atoms. The second-order valence-electron chi connectivity index (χ2n) is 5.20. The van der Waals surface area contributed by atoms with E-state index >= 15 is 0 Å². The third-order valence-corrected chi connectivity index (χ3v) is 3.64. The lowest BCUT2D eigenvalue weighted by molar-refractivity contribution is 0.338. The number of hydrogen-bond donors (Lipinski definition) is 1. The molecule has 0 atom stereocenters.